The molecule has 1 aromatic rings. The van der Waals surface area contributed by atoms with Crippen molar-refractivity contribution < 1.29 is 42.4 Å². The molecule has 198 valence electrons. The summed E-state index contributed by atoms with van der Waals surface area (Å²) in [4.78, 5) is 63.7. The minimum absolute atomic E-state index is 0.0254. The van der Waals surface area contributed by atoms with Crippen molar-refractivity contribution in [3.8, 4) is 0 Å². The first-order valence-corrected chi connectivity index (χ1v) is 11.9. The maximum Gasteiger partial charge on any atom is 0.410 e. The number of hydrogen-bond donors (Lipinski definition) is 1. The lowest BCUT2D eigenvalue weighted by molar-refractivity contribution is -0.130. The summed E-state index contributed by atoms with van der Waals surface area (Å²) in [5.41, 5.74) is -0.385. The molecule has 0 aromatic heterocycles. The van der Waals surface area contributed by atoms with Crippen LogP contribution in [0, 0.1) is 0 Å². The lowest BCUT2D eigenvalue weighted by Gasteiger charge is -2.23. The summed E-state index contributed by atoms with van der Waals surface area (Å²) in [6.07, 6.45) is 3.46. The molecule has 1 N–H and O–H groups in total. The van der Waals surface area contributed by atoms with E-state index in [0.717, 1.165) is 12.0 Å². The number of amides is 2. The molecule has 1 aromatic carbocycles. The number of carbonyl (C=O) groups excluding carboxylic acids is 5. The molecule has 1 aliphatic heterocycles. The van der Waals surface area contributed by atoms with Crippen LogP contribution in [0.1, 0.15) is 34.1 Å². The van der Waals surface area contributed by atoms with Gasteiger partial charge in [-0.2, -0.15) is 0 Å². The van der Waals surface area contributed by atoms with Crippen LogP contribution in [0.4, 0.5) is 10.5 Å². The van der Waals surface area contributed by atoms with E-state index in [4.69, 9.17) is 18.4 Å². The number of rotatable bonds is 12. The lowest BCUT2D eigenvalue weighted by atomic mass is 10.0. The van der Waals surface area contributed by atoms with Crippen molar-refractivity contribution >= 4 is 47.6 Å². The SMILES string of the molecule is C=CCOC(=O)c1cccc(NC(=O)[C@@H]2C[C@H](SOC(C)=O)CN2C(=O)OCC=C)c1C(=O)OCC=C. The van der Waals surface area contributed by atoms with E-state index in [2.05, 4.69) is 25.1 Å². The van der Waals surface area contributed by atoms with Gasteiger partial charge in [0, 0.05) is 13.5 Å². The van der Waals surface area contributed by atoms with E-state index in [1.54, 1.807) is 0 Å². The maximum atomic E-state index is 13.3. The van der Waals surface area contributed by atoms with Crippen molar-refractivity contribution in [2.75, 3.05) is 31.7 Å². The van der Waals surface area contributed by atoms with Crippen LogP contribution in [0.25, 0.3) is 0 Å². The smallest absolute Gasteiger partial charge is 0.410 e. The summed E-state index contributed by atoms with van der Waals surface area (Å²) < 4.78 is 20.2. The lowest BCUT2D eigenvalue weighted by Crippen LogP contribution is -2.43. The number of hydrogen-bond acceptors (Lipinski definition) is 10. The summed E-state index contributed by atoms with van der Waals surface area (Å²) >= 11 is 0.844. The monoisotopic (exact) mass is 532 g/mol. The third-order valence-electron chi connectivity index (χ3n) is 4.84. The first-order valence-electron chi connectivity index (χ1n) is 11.1. The van der Waals surface area contributed by atoms with Crippen molar-refractivity contribution in [2.24, 2.45) is 0 Å². The van der Waals surface area contributed by atoms with Crippen LogP contribution in [0.15, 0.2) is 56.2 Å². The maximum absolute atomic E-state index is 13.3. The number of ether oxygens (including phenoxy) is 3. The molecular formula is C25H28N2O9S. The predicted molar refractivity (Wildman–Crippen MR) is 136 cm³/mol. The van der Waals surface area contributed by atoms with Gasteiger partial charge in [0.05, 0.1) is 34.1 Å². The molecule has 1 aliphatic rings. The van der Waals surface area contributed by atoms with Crippen LogP contribution in [-0.4, -0.2) is 72.5 Å². The van der Waals surface area contributed by atoms with Crippen molar-refractivity contribution in [1.82, 2.24) is 4.90 Å². The van der Waals surface area contributed by atoms with Gasteiger partial charge in [0.1, 0.15) is 25.9 Å². The molecule has 37 heavy (non-hydrogen) atoms. The van der Waals surface area contributed by atoms with Crippen molar-refractivity contribution in [1.29, 1.82) is 0 Å². The highest BCUT2D eigenvalue weighted by Gasteiger charge is 2.42. The van der Waals surface area contributed by atoms with E-state index >= 15 is 0 Å². The molecule has 2 amide bonds. The van der Waals surface area contributed by atoms with Gasteiger partial charge in [-0.3, -0.25) is 14.5 Å². The Morgan fingerprint density at radius 2 is 1.62 bits per heavy atom. The minimum atomic E-state index is -1.03. The van der Waals surface area contributed by atoms with Gasteiger partial charge in [0.15, 0.2) is 0 Å². The zero-order valence-corrected chi connectivity index (χ0v) is 21.1. The second-order valence-corrected chi connectivity index (χ2v) is 8.58. The molecule has 2 rings (SSSR count). The van der Waals surface area contributed by atoms with Crippen LogP contribution in [0.2, 0.25) is 0 Å². The number of benzene rings is 1. The van der Waals surface area contributed by atoms with Crippen LogP contribution in [0.5, 0.6) is 0 Å². The Hall–Kier alpha value is -4.06. The minimum Gasteiger partial charge on any atom is -0.458 e. The molecule has 0 spiro atoms. The number of nitrogens with one attached hydrogen (secondary N) is 1. The Labute approximate surface area is 218 Å². The fourth-order valence-electron chi connectivity index (χ4n) is 3.35. The predicted octanol–water partition coefficient (Wildman–Crippen LogP) is 3.29. The highest BCUT2D eigenvalue weighted by molar-refractivity contribution is 7.95. The Bertz CT molecular complexity index is 1070. The zero-order valence-electron chi connectivity index (χ0n) is 20.3. The van der Waals surface area contributed by atoms with Gasteiger partial charge in [-0.1, -0.05) is 44.0 Å². The van der Waals surface area contributed by atoms with E-state index < -0.39 is 41.2 Å². The van der Waals surface area contributed by atoms with E-state index in [9.17, 15) is 24.0 Å². The second-order valence-electron chi connectivity index (χ2n) is 7.55. The van der Waals surface area contributed by atoms with E-state index in [1.807, 2.05) is 0 Å². The average molecular weight is 533 g/mol. The highest BCUT2D eigenvalue weighted by atomic mass is 32.2. The molecule has 0 saturated carbocycles. The molecule has 0 unspecified atom stereocenters. The van der Waals surface area contributed by atoms with Crippen LogP contribution in [-0.2, 0) is 28.0 Å². The first kappa shape index (κ1) is 29.2. The first-order chi connectivity index (χ1) is 17.7. The molecule has 1 saturated heterocycles. The van der Waals surface area contributed by atoms with Gasteiger partial charge in [0.25, 0.3) is 0 Å². The summed E-state index contributed by atoms with van der Waals surface area (Å²) in [6, 6.07) is 3.19. The summed E-state index contributed by atoms with van der Waals surface area (Å²) in [5, 5.41) is 2.20. The molecule has 11 nitrogen and oxygen atoms in total. The van der Waals surface area contributed by atoms with Crippen molar-refractivity contribution in [3.63, 3.8) is 0 Å². The largest absolute Gasteiger partial charge is 0.458 e. The van der Waals surface area contributed by atoms with Crippen LogP contribution >= 0.6 is 12.0 Å². The average Bonchev–Trinajstić information content (AvgIpc) is 3.32. The highest BCUT2D eigenvalue weighted by Crippen LogP contribution is 2.31. The van der Waals surface area contributed by atoms with Gasteiger partial charge in [-0.15, -0.1) is 0 Å². The van der Waals surface area contributed by atoms with E-state index in [1.165, 1.54) is 48.3 Å². The van der Waals surface area contributed by atoms with Gasteiger partial charge in [0.2, 0.25) is 5.91 Å². The Balaban J connectivity index is 2.37. The molecule has 1 fully saturated rings. The fraction of sp³-hybridized carbons (Fsp3) is 0.320. The van der Waals surface area contributed by atoms with Gasteiger partial charge < -0.3 is 23.7 Å². The van der Waals surface area contributed by atoms with Crippen LogP contribution in [0.3, 0.4) is 0 Å². The van der Waals surface area contributed by atoms with Gasteiger partial charge in [-0.05, 0) is 18.6 Å². The Morgan fingerprint density at radius 1 is 1.00 bits per heavy atom. The van der Waals surface area contributed by atoms with Gasteiger partial charge >= 0.3 is 24.0 Å². The number of nitrogens with zero attached hydrogens (tertiary/aromatic N) is 1. The molecule has 0 radical (unpaired) electrons. The number of likely N-dealkylation sites (tertiary alicyclic amines) is 1. The molecule has 2 atom stereocenters. The molecule has 0 aliphatic carbocycles. The number of carbonyl (C=O) groups is 5. The van der Waals surface area contributed by atoms with E-state index in [-0.39, 0.29) is 49.6 Å². The van der Waals surface area contributed by atoms with Gasteiger partial charge in [-0.25, -0.2) is 14.4 Å². The van der Waals surface area contributed by atoms with Crippen molar-refractivity contribution in [2.45, 2.75) is 24.6 Å². The molecule has 1 heterocycles. The third-order valence-corrected chi connectivity index (χ3v) is 5.78. The standard InChI is InChI=1S/C25H28N2O9S/c1-5-11-33-23(30)18-9-8-10-19(21(18)24(31)34-12-6-2)26-22(29)20-14-17(37-36-16(4)28)15-27(20)25(32)35-13-7-3/h5-10,17,20H,1-3,11-15H2,4H3,(H,26,29)/t17-,20-/m0/s1. The summed E-state index contributed by atoms with van der Waals surface area (Å²) in [7, 11) is 0. The van der Waals surface area contributed by atoms with Crippen LogP contribution < -0.4 is 5.32 Å². The zero-order chi connectivity index (χ0) is 27.4. The normalized spacial score (nSPS) is 16.2. The second kappa shape index (κ2) is 14.5. The topological polar surface area (TPSA) is 138 Å². The summed E-state index contributed by atoms with van der Waals surface area (Å²) in [5.74, 6) is -2.90. The summed E-state index contributed by atoms with van der Waals surface area (Å²) in [6.45, 7) is 11.5. The number of anilines is 1. The fourth-order valence-corrected chi connectivity index (χ4v) is 4.10. The number of esters is 2. The molecular weight excluding hydrogens is 504 g/mol. The quantitative estimate of drug-likeness (QED) is 0.185. The molecule has 0 bridgehead atoms. The molecule has 12 heteroatoms. The Morgan fingerprint density at radius 3 is 2.24 bits per heavy atom. The van der Waals surface area contributed by atoms with Crippen molar-refractivity contribution in [3.05, 3.63) is 67.3 Å². The third kappa shape index (κ3) is 8.24. The van der Waals surface area contributed by atoms with E-state index in [0.29, 0.717) is 0 Å². The Kier molecular flexibility index (Phi) is 11.4.